The van der Waals surface area contributed by atoms with Crippen LogP contribution in [0.2, 0.25) is 5.02 Å². The fourth-order valence-electron chi connectivity index (χ4n) is 3.33. The van der Waals surface area contributed by atoms with Gasteiger partial charge in [-0.25, -0.2) is 4.99 Å². The number of nitrogens with zero attached hydrogens (tertiary/aromatic N) is 1. The van der Waals surface area contributed by atoms with Crippen LogP contribution in [0, 0.1) is 0 Å². The van der Waals surface area contributed by atoms with E-state index in [2.05, 4.69) is 47.9 Å². The van der Waals surface area contributed by atoms with Crippen LogP contribution < -0.4 is 10.6 Å². The van der Waals surface area contributed by atoms with Gasteiger partial charge in [0.2, 0.25) is 0 Å². The number of rotatable bonds is 9. The molecule has 2 aromatic carbocycles. The molecule has 3 rings (SSSR count). The second-order valence-corrected chi connectivity index (χ2v) is 7.88. The summed E-state index contributed by atoms with van der Waals surface area (Å²) in [5.41, 5.74) is 3.59. The van der Waals surface area contributed by atoms with Gasteiger partial charge >= 0.3 is 0 Å². The van der Waals surface area contributed by atoms with Crippen molar-refractivity contribution in [3.05, 3.63) is 70.2 Å². The molecule has 0 spiro atoms. The third-order valence-electron chi connectivity index (χ3n) is 5.04. The normalized spacial score (nSPS) is 15.2. The lowest BCUT2D eigenvalue weighted by molar-refractivity contribution is -0.0390. The van der Waals surface area contributed by atoms with Gasteiger partial charge < -0.3 is 20.1 Å². The molecule has 6 heteroatoms. The van der Waals surface area contributed by atoms with E-state index in [0.29, 0.717) is 19.3 Å². The number of halogens is 1. The van der Waals surface area contributed by atoms with Crippen molar-refractivity contribution in [2.75, 3.05) is 26.3 Å². The summed E-state index contributed by atoms with van der Waals surface area (Å²) in [7, 11) is 0. The number of hydrogen-bond acceptors (Lipinski definition) is 3. The van der Waals surface area contributed by atoms with Crippen LogP contribution in [-0.2, 0) is 29.0 Å². The zero-order chi connectivity index (χ0) is 21.0. The molecule has 0 unspecified atom stereocenters. The van der Waals surface area contributed by atoms with Gasteiger partial charge in [0.05, 0.1) is 19.3 Å². The predicted molar refractivity (Wildman–Crippen MR) is 123 cm³/mol. The summed E-state index contributed by atoms with van der Waals surface area (Å²) in [4.78, 5) is 4.70. The van der Waals surface area contributed by atoms with Crippen LogP contribution in [0.15, 0.2) is 53.5 Å². The van der Waals surface area contributed by atoms with Gasteiger partial charge in [-0.3, -0.25) is 0 Å². The maximum Gasteiger partial charge on any atom is 0.191 e. The molecule has 5 nitrogen and oxygen atoms in total. The zero-order valence-electron chi connectivity index (χ0n) is 17.7. The molecule has 0 radical (unpaired) electrons. The Labute approximate surface area is 184 Å². The SMILES string of the molecule is CCNC(=NCc1ccc(COC2CCOCC2)cc1)NCCc1cccc(Cl)c1. The van der Waals surface area contributed by atoms with Crippen LogP contribution >= 0.6 is 11.6 Å². The standard InChI is InChI=1S/C24H32ClN3O2/c1-2-26-24(27-13-10-19-4-3-5-22(25)16-19)28-17-20-6-8-21(9-7-20)18-30-23-11-14-29-15-12-23/h3-9,16,23H,2,10-15,17-18H2,1H3,(H2,26,27,28). The third kappa shape index (κ3) is 7.98. The maximum atomic E-state index is 6.05. The van der Waals surface area contributed by atoms with Gasteiger partial charge in [-0.15, -0.1) is 0 Å². The molecule has 1 fully saturated rings. The molecular weight excluding hydrogens is 398 g/mol. The predicted octanol–water partition coefficient (Wildman–Crippen LogP) is 4.33. The van der Waals surface area contributed by atoms with Crippen LogP contribution in [0.25, 0.3) is 0 Å². The smallest absolute Gasteiger partial charge is 0.191 e. The Morgan fingerprint density at radius 1 is 1.07 bits per heavy atom. The summed E-state index contributed by atoms with van der Waals surface area (Å²) in [5.74, 6) is 0.825. The van der Waals surface area contributed by atoms with E-state index in [1.807, 2.05) is 18.2 Å². The summed E-state index contributed by atoms with van der Waals surface area (Å²) in [5, 5.41) is 7.47. The van der Waals surface area contributed by atoms with E-state index in [1.54, 1.807) is 0 Å². The summed E-state index contributed by atoms with van der Waals surface area (Å²) < 4.78 is 11.4. The Morgan fingerprint density at radius 2 is 1.83 bits per heavy atom. The molecule has 0 atom stereocenters. The molecule has 0 bridgehead atoms. The van der Waals surface area contributed by atoms with Gasteiger partial charge in [0.25, 0.3) is 0 Å². The Morgan fingerprint density at radius 3 is 2.57 bits per heavy atom. The van der Waals surface area contributed by atoms with Crippen LogP contribution in [0.1, 0.15) is 36.5 Å². The third-order valence-corrected chi connectivity index (χ3v) is 5.27. The molecule has 0 aliphatic carbocycles. The van der Waals surface area contributed by atoms with Crippen LogP contribution in [0.4, 0.5) is 0 Å². The topological polar surface area (TPSA) is 54.9 Å². The van der Waals surface area contributed by atoms with Crippen molar-refractivity contribution in [1.82, 2.24) is 10.6 Å². The lowest BCUT2D eigenvalue weighted by Crippen LogP contribution is -2.38. The van der Waals surface area contributed by atoms with E-state index < -0.39 is 0 Å². The second kappa shape index (κ2) is 12.6. The van der Waals surface area contributed by atoms with Crippen molar-refractivity contribution in [2.45, 2.75) is 45.4 Å². The molecule has 2 N–H and O–H groups in total. The zero-order valence-corrected chi connectivity index (χ0v) is 18.5. The minimum absolute atomic E-state index is 0.323. The monoisotopic (exact) mass is 429 g/mol. The van der Waals surface area contributed by atoms with Gasteiger partial charge in [0, 0.05) is 31.3 Å². The first-order chi connectivity index (χ1) is 14.7. The molecule has 30 heavy (non-hydrogen) atoms. The molecular formula is C24H32ClN3O2. The van der Waals surface area contributed by atoms with Crippen LogP contribution in [0.5, 0.6) is 0 Å². The molecule has 0 saturated carbocycles. The van der Waals surface area contributed by atoms with E-state index in [-0.39, 0.29) is 0 Å². The highest BCUT2D eigenvalue weighted by molar-refractivity contribution is 6.30. The molecule has 0 aromatic heterocycles. The number of hydrogen-bond donors (Lipinski definition) is 2. The van der Waals surface area contributed by atoms with Gasteiger partial charge in [-0.1, -0.05) is 48.0 Å². The molecule has 1 heterocycles. The fourth-order valence-corrected chi connectivity index (χ4v) is 3.54. The van der Waals surface area contributed by atoms with Crippen molar-refractivity contribution in [2.24, 2.45) is 4.99 Å². The van der Waals surface area contributed by atoms with Gasteiger partial charge in [0.1, 0.15) is 0 Å². The number of guanidine groups is 1. The first-order valence-corrected chi connectivity index (χ1v) is 11.1. The summed E-state index contributed by atoms with van der Waals surface area (Å²) in [6.45, 7) is 6.60. The Bertz CT molecular complexity index is 789. The van der Waals surface area contributed by atoms with E-state index in [4.69, 9.17) is 26.1 Å². The molecule has 1 saturated heterocycles. The first-order valence-electron chi connectivity index (χ1n) is 10.8. The highest BCUT2D eigenvalue weighted by atomic mass is 35.5. The highest BCUT2D eigenvalue weighted by Crippen LogP contribution is 2.14. The molecule has 1 aliphatic rings. The van der Waals surface area contributed by atoms with Crippen LogP contribution in [-0.4, -0.2) is 38.4 Å². The van der Waals surface area contributed by atoms with Crippen molar-refractivity contribution in [3.8, 4) is 0 Å². The van der Waals surface area contributed by atoms with E-state index >= 15 is 0 Å². The number of ether oxygens (including phenoxy) is 2. The highest BCUT2D eigenvalue weighted by Gasteiger charge is 2.13. The quantitative estimate of drug-likeness (QED) is 0.460. The Hall–Kier alpha value is -2.08. The van der Waals surface area contributed by atoms with Gasteiger partial charge in [0.15, 0.2) is 5.96 Å². The molecule has 2 aromatic rings. The molecule has 1 aliphatic heterocycles. The Balaban J connectivity index is 1.45. The van der Waals surface area contributed by atoms with Gasteiger partial charge in [-0.2, -0.15) is 0 Å². The van der Waals surface area contributed by atoms with Crippen molar-refractivity contribution < 1.29 is 9.47 Å². The lowest BCUT2D eigenvalue weighted by atomic mass is 10.1. The summed E-state index contributed by atoms with van der Waals surface area (Å²) >= 11 is 6.05. The number of aliphatic imine (C=N–C) groups is 1. The van der Waals surface area contributed by atoms with Crippen molar-refractivity contribution in [1.29, 1.82) is 0 Å². The Kier molecular flexibility index (Phi) is 9.48. The average Bonchev–Trinajstić information content (AvgIpc) is 2.77. The van der Waals surface area contributed by atoms with E-state index in [9.17, 15) is 0 Å². The second-order valence-electron chi connectivity index (χ2n) is 7.44. The molecule has 162 valence electrons. The lowest BCUT2D eigenvalue weighted by Gasteiger charge is -2.22. The minimum Gasteiger partial charge on any atom is -0.381 e. The van der Waals surface area contributed by atoms with Gasteiger partial charge in [-0.05, 0) is 55.0 Å². The average molecular weight is 430 g/mol. The fraction of sp³-hybridized carbons (Fsp3) is 0.458. The summed E-state index contributed by atoms with van der Waals surface area (Å²) in [6, 6.07) is 16.5. The number of nitrogens with one attached hydrogen (secondary N) is 2. The first kappa shape index (κ1) is 22.6. The van der Waals surface area contributed by atoms with Crippen LogP contribution in [0.3, 0.4) is 0 Å². The van der Waals surface area contributed by atoms with E-state index in [0.717, 1.165) is 56.5 Å². The maximum absolute atomic E-state index is 6.05. The van der Waals surface area contributed by atoms with Crippen molar-refractivity contribution >= 4 is 17.6 Å². The molecule has 0 amide bonds. The summed E-state index contributed by atoms with van der Waals surface area (Å²) in [6.07, 6.45) is 3.20. The number of benzene rings is 2. The minimum atomic E-state index is 0.323. The van der Waals surface area contributed by atoms with Crippen molar-refractivity contribution in [3.63, 3.8) is 0 Å². The van der Waals surface area contributed by atoms with E-state index in [1.165, 1.54) is 16.7 Å². The largest absolute Gasteiger partial charge is 0.381 e.